The van der Waals surface area contributed by atoms with Crippen LogP contribution in [0.2, 0.25) is 0 Å². The first-order valence-electron chi connectivity index (χ1n) is 1.48. The van der Waals surface area contributed by atoms with Crippen molar-refractivity contribution in [1.82, 2.24) is 0 Å². The molecule has 0 heterocycles. The van der Waals surface area contributed by atoms with Gasteiger partial charge in [-0.25, -0.2) is 0 Å². The van der Waals surface area contributed by atoms with E-state index in [2.05, 4.69) is 46.4 Å². The van der Waals surface area contributed by atoms with Crippen LogP contribution in [0.3, 0.4) is 0 Å². The van der Waals surface area contributed by atoms with Crippen molar-refractivity contribution >= 4 is 47.8 Å². The van der Waals surface area contributed by atoms with Crippen LogP contribution < -0.4 is 0 Å². The number of terminal acetylenes is 1. The van der Waals surface area contributed by atoms with Crippen molar-refractivity contribution in [2.45, 2.75) is 0 Å². The topological polar surface area (TPSA) is 17.1 Å². The fraction of sp³-hybridized carbons (Fsp3) is 0.333. The SMILES string of the molecule is C#C[P+](C)=O.[I][V][I]. The Morgan fingerprint density at radius 3 is 1.88 bits per heavy atom. The molecule has 8 heavy (non-hydrogen) atoms. The van der Waals surface area contributed by atoms with Crippen LogP contribution >= 0.6 is 47.8 Å². The summed E-state index contributed by atoms with van der Waals surface area (Å²) in [6.45, 7) is 1.50. The number of hydrogen-bond donors (Lipinski definition) is 0. The first-order chi connectivity index (χ1) is 3.68. The van der Waals surface area contributed by atoms with E-state index in [-0.39, 0.29) is 0 Å². The summed E-state index contributed by atoms with van der Waals surface area (Å²) < 4.78 is 9.72. The summed E-state index contributed by atoms with van der Waals surface area (Å²) in [4.78, 5) is 0. The average Bonchev–Trinajstić information content (AvgIpc) is 1.69. The Balaban J connectivity index is 0. The van der Waals surface area contributed by atoms with Crippen LogP contribution in [-0.4, -0.2) is 6.66 Å². The zero-order chi connectivity index (χ0) is 6.99. The van der Waals surface area contributed by atoms with Gasteiger partial charge in [-0.2, -0.15) is 0 Å². The molecular weight excluding hydrogens is 388 g/mol. The molecule has 0 aromatic carbocycles. The minimum atomic E-state index is -1.32. The molecule has 0 bridgehead atoms. The predicted octanol–water partition coefficient (Wildman–Crippen LogP) is 2.80. The van der Waals surface area contributed by atoms with Gasteiger partial charge >= 0.3 is 57.2 Å². The van der Waals surface area contributed by atoms with E-state index >= 15 is 0 Å². The Labute approximate surface area is 79.4 Å². The van der Waals surface area contributed by atoms with Crippen molar-refractivity contribution in [3.8, 4) is 12.1 Å². The summed E-state index contributed by atoms with van der Waals surface area (Å²) >= 11 is 4.74. The van der Waals surface area contributed by atoms with E-state index in [9.17, 15) is 4.57 Å². The number of halogens is 2. The average molecular weight is 392 g/mol. The maximum atomic E-state index is 9.72. The zero-order valence-electron chi connectivity index (χ0n) is 4.14. The maximum absolute atomic E-state index is 9.72. The molecule has 0 saturated heterocycles. The third-order valence-electron chi connectivity index (χ3n) is 0.182. The van der Waals surface area contributed by atoms with Gasteiger partial charge in [0, 0.05) is 0 Å². The Morgan fingerprint density at radius 2 is 1.88 bits per heavy atom. The Hall–Kier alpha value is 1.70. The monoisotopic (exact) mass is 392 g/mol. The van der Waals surface area contributed by atoms with Crippen molar-refractivity contribution in [1.29, 1.82) is 0 Å². The van der Waals surface area contributed by atoms with Gasteiger partial charge in [0.2, 0.25) is 0 Å². The Kier molecular flexibility index (Phi) is 17.8. The first kappa shape index (κ1) is 12.4. The molecule has 1 nitrogen and oxygen atoms in total. The summed E-state index contributed by atoms with van der Waals surface area (Å²) in [7, 11) is -0.693. The zero-order valence-corrected chi connectivity index (χ0v) is 10.7. The molecule has 0 aliphatic heterocycles. The van der Waals surface area contributed by atoms with Gasteiger partial charge in [0.1, 0.15) is 6.66 Å². The van der Waals surface area contributed by atoms with Gasteiger partial charge in [0.25, 0.3) is 0 Å². The van der Waals surface area contributed by atoms with Crippen LogP contribution in [0, 0.1) is 12.1 Å². The van der Waals surface area contributed by atoms with Crippen LogP contribution in [0.1, 0.15) is 0 Å². The van der Waals surface area contributed by atoms with Crippen LogP contribution in [0.15, 0.2) is 0 Å². The Bertz CT molecular complexity index is 99.9. The molecule has 0 aromatic heterocycles. The number of rotatable bonds is 0. The molecule has 0 radical (unpaired) electrons. The van der Waals surface area contributed by atoms with E-state index in [4.69, 9.17) is 0 Å². The molecule has 0 aliphatic rings. The molecule has 0 saturated carbocycles. The van der Waals surface area contributed by atoms with Gasteiger partial charge in [-0.15, -0.1) is 0 Å². The van der Waals surface area contributed by atoms with Gasteiger partial charge in [-0.05, 0) is 0 Å². The van der Waals surface area contributed by atoms with Crippen molar-refractivity contribution < 1.29 is 14.0 Å². The summed E-state index contributed by atoms with van der Waals surface area (Å²) in [5.41, 5.74) is 2.04. The molecule has 1 atom stereocenters. The van der Waals surface area contributed by atoms with Crippen LogP contribution in [0.5, 0.6) is 0 Å². The summed E-state index contributed by atoms with van der Waals surface area (Å²) in [5.74, 6) is 0. The fourth-order valence-electron chi connectivity index (χ4n) is 0. The number of hydrogen-bond acceptors (Lipinski definition) is 1. The minimum absolute atomic E-state index is 0.628. The van der Waals surface area contributed by atoms with Gasteiger partial charge in [0.05, 0.1) is 0 Å². The second-order valence-corrected chi connectivity index (χ2v) is 13.7. The van der Waals surface area contributed by atoms with E-state index in [1.165, 1.54) is 6.66 Å². The molecule has 0 rings (SSSR count). The summed E-state index contributed by atoms with van der Waals surface area (Å²) in [5, 5.41) is 0. The van der Waals surface area contributed by atoms with Gasteiger partial charge < -0.3 is 0 Å². The van der Waals surface area contributed by atoms with Crippen molar-refractivity contribution in [2.75, 3.05) is 6.66 Å². The normalized spacial score (nSPS) is 7.50. The molecule has 0 aliphatic carbocycles. The quantitative estimate of drug-likeness (QED) is 0.352. The molecule has 0 aromatic rings. The molecule has 0 amide bonds. The van der Waals surface area contributed by atoms with Crippen LogP contribution in [0.4, 0.5) is 0 Å². The predicted molar refractivity (Wildman–Crippen MR) is 50.4 cm³/mol. The third kappa shape index (κ3) is 25.2. The second-order valence-electron chi connectivity index (χ2n) is 0.690. The standard InChI is InChI=1S/C3H4OP.2HI.V/c1-3-5(2)4;;;/h1H,2H3;2*1H;/q+1;;;+2/p-2. The van der Waals surface area contributed by atoms with E-state index < -0.39 is 7.80 Å². The van der Waals surface area contributed by atoms with Crippen molar-refractivity contribution in [3.63, 3.8) is 0 Å². The van der Waals surface area contributed by atoms with Crippen molar-refractivity contribution in [2.24, 2.45) is 0 Å². The van der Waals surface area contributed by atoms with Gasteiger partial charge in [-0.1, -0.05) is 11.0 Å². The molecule has 0 N–H and O–H groups in total. The molecule has 5 heteroatoms. The first-order valence-corrected chi connectivity index (χ1v) is 12.2. The van der Waals surface area contributed by atoms with Crippen LogP contribution in [-0.2, 0) is 14.0 Å². The molecule has 0 spiro atoms. The van der Waals surface area contributed by atoms with E-state index in [0.717, 1.165) is 0 Å². The molecule has 1 unspecified atom stereocenters. The fourth-order valence-corrected chi connectivity index (χ4v) is 0. The van der Waals surface area contributed by atoms with E-state index in [1.54, 1.807) is 0 Å². The second kappa shape index (κ2) is 11.5. The van der Waals surface area contributed by atoms with Crippen LogP contribution in [0.25, 0.3) is 0 Å². The van der Waals surface area contributed by atoms with E-state index in [0.29, 0.717) is 9.47 Å². The van der Waals surface area contributed by atoms with E-state index in [1.807, 2.05) is 5.66 Å². The summed E-state index contributed by atoms with van der Waals surface area (Å²) in [6, 6.07) is 0. The van der Waals surface area contributed by atoms with Gasteiger partial charge in [0.15, 0.2) is 5.66 Å². The molecule has 45 valence electrons. The molecular formula is C3H4I2OPV+. The van der Waals surface area contributed by atoms with Crippen molar-refractivity contribution in [3.05, 3.63) is 0 Å². The molecule has 0 fully saturated rings. The summed E-state index contributed by atoms with van der Waals surface area (Å²) in [6.07, 6.45) is 4.64. The Morgan fingerprint density at radius 1 is 1.75 bits per heavy atom. The third-order valence-corrected chi connectivity index (χ3v) is 0.545. The van der Waals surface area contributed by atoms with Gasteiger partial charge in [-0.3, -0.25) is 0 Å².